The predicted molar refractivity (Wildman–Crippen MR) is 116 cm³/mol. The van der Waals surface area contributed by atoms with Gasteiger partial charge in [-0.05, 0) is 56.7 Å². The number of ether oxygens (including phenoxy) is 1. The van der Waals surface area contributed by atoms with Crippen LogP contribution in [0.2, 0.25) is 0 Å². The second kappa shape index (κ2) is 9.28. The molecule has 1 fully saturated rings. The predicted octanol–water partition coefficient (Wildman–Crippen LogP) is 3.34. The van der Waals surface area contributed by atoms with Crippen LogP contribution in [-0.4, -0.2) is 43.8 Å². The monoisotopic (exact) mass is 450 g/mol. The first-order valence-electron chi connectivity index (χ1n) is 9.80. The highest BCUT2D eigenvalue weighted by Crippen LogP contribution is 2.27. The fraction of sp³-hybridized carbons (Fsp3) is 0.429. The fourth-order valence-electron chi connectivity index (χ4n) is 3.38. The molecule has 0 bridgehead atoms. The van der Waals surface area contributed by atoms with Crippen LogP contribution < -0.4 is 5.32 Å². The number of anilines is 1. The van der Waals surface area contributed by atoms with Crippen molar-refractivity contribution in [2.75, 3.05) is 18.4 Å². The number of rotatable bonds is 6. The van der Waals surface area contributed by atoms with Gasteiger partial charge in [-0.1, -0.05) is 23.8 Å². The minimum absolute atomic E-state index is 0.253. The molecule has 1 aromatic carbocycles. The maximum Gasteiger partial charge on any atom is 0.309 e. The zero-order valence-corrected chi connectivity index (χ0v) is 18.9. The van der Waals surface area contributed by atoms with E-state index in [2.05, 4.69) is 5.32 Å². The number of amides is 1. The molecule has 0 saturated carbocycles. The van der Waals surface area contributed by atoms with E-state index in [1.165, 1.54) is 22.6 Å². The Morgan fingerprint density at radius 3 is 2.50 bits per heavy atom. The average molecular weight is 451 g/mol. The van der Waals surface area contributed by atoms with Crippen LogP contribution in [0.1, 0.15) is 30.9 Å². The summed E-state index contributed by atoms with van der Waals surface area (Å²) in [5, 5.41) is 4.51. The number of aryl methyl sites for hydroxylation is 2. The summed E-state index contributed by atoms with van der Waals surface area (Å²) in [5.74, 6) is -1.28. The first-order chi connectivity index (χ1) is 14.2. The van der Waals surface area contributed by atoms with Crippen LogP contribution in [0.25, 0.3) is 0 Å². The van der Waals surface area contributed by atoms with E-state index in [0.717, 1.165) is 11.1 Å². The maximum absolute atomic E-state index is 12.6. The van der Waals surface area contributed by atoms with Gasteiger partial charge in [0.15, 0.2) is 6.10 Å². The first-order valence-corrected chi connectivity index (χ1v) is 12.1. The molecule has 1 unspecified atom stereocenters. The topological polar surface area (TPSA) is 92.8 Å². The minimum atomic E-state index is -3.51. The Labute approximate surface area is 181 Å². The Morgan fingerprint density at radius 1 is 1.20 bits per heavy atom. The van der Waals surface area contributed by atoms with Crippen LogP contribution in [0.4, 0.5) is 5.69 Å². The normalized spacial score (nSPS) is 16.8. The number of piperidine rings is 1. The molecule has 1 aliphatic rings. The van der Waals surface area contributed by atoms with Gasteiger partial charge >= 0.3 is 5.97 Å². The van der Waals surface area contributed by atoms with E-state index in [1.807, 2.05) is 32.0 Å². The molecule has 1 N–H and O–H groups in total. The van der Waals surface area contributed by atoms with Crippen LogP contribution in [-0.2, 0) is 24.3 Å². The summed E-state index contributed by atoms with van der Waals surface area (Å²) in [5.41, 5.74) is 2.71. The molecule has 3 rings (SSSR count). The zero-order chi connectivity index (χ0) is 21.9. The number of carbonyl (C=O) groups is 2. The van der Waals surface area contributed by atoms with Crippen molar-refractivity contribution in [1.29, 1.82) is 0 Å². The lowest BCUT2D eigenvalue weighted by Gasteiger charge is -2.30. The summed E-state index contributed by atoms with van der Waals surface area (Å²) in [7, 11) is -3.51. The lowest BCUT2D eigenvalue weighted by atomic mass is 9.98. The van der Waals surface area contributed by atoms with E-state index >= 15 is 0 Å². The molecule has 2 heterocycles. The Hall–Kier alpha value is -2.23. The second-order valence-electron chi connectivity index (χ2n) is 7.50. The van der Waals surface area contributed by atoms with Gasteiger partial charge in [-0.3, -0.25) is 9.59 Å². The number of nitrogens with zero attached hydrogens (tertiary/aromatic N) is 1. The summed E-state index contributed by atoms with van der Waals surface area (Å²) in [6.45, 7) is 5.91. The van der Waals surface area contributed by atoms with Gasteiger partial charge < -0.3 is 10.1 Å². The number of thiophene rings is 1. The summed E-state index contributed by atoms with van der Waals surface area (Å²) >= 11 is 1.18. The summed E-state index contributed by atoms with van der Waals surface area (Å²) in [6, 6.07) is 8.96. The van der Waals surface area contributed by atoms with E-state index in [1.54, 1.807) is 17.5 Å². The van der Waals surface area contributed by atoms with Gasteiger partial charge in [-0.2, -0.15) is 4.31 Å². The zero-order valence-electron chi connectivity index (χ0n) is 17.3. The fourth-order valence-corrected chi connectivity index (χ4v) is 6.00. The van der Waals surface area contributed by atoms with Gasteiger partial charge in [0.1, 0.15) is 4.21 Å². The van der Waals surface area contributed by atoms with Crippen LogP contribution in [0.5, 0.6) is 0 Å². The third-order valence-corrected chi connectivity index (χ3v) is 8.45. The van der Waals surface area contributed by atoms with E-state index in [0.29, 0.717) is 22.7 Å². The summed E-state index contributed by atoms with van der Waals surface area (Å²) in [4.78, 5) is 24.9. The lowest BCUT2D eigenvalue weighted by molar-refractivity contribution is -0.158. The van der Waals surface area contributed by atoms with Crippen molar-refractivity contribution in [3.05, 3.63) is 46.8 Å². The summed E-state index contributed by atoms with van der Waals surface area (Å²) < 4.78 is 32.2. The highest BCUT2D eigenvalue weighted by atomic mass is 32.2. The molecule has 1 aromatic heterocycles. The maximum atomic E-state index is 12.6. The van der Waals surface area contributed by atoms with Crippen LogP contribution in [0.15, 0.2) is 39.9 Å². The van der Waals surface area contributed by atoms with Crippen molar-refractivity contribution in [2.24, 2.45) is 5.92 Å². The SMILES string of the molecule is Cc1ccc(NC(=O)C(C)OC(=O)C2CCN(S(=O)(=O)c3cccs3)CC2)c(C)c1. The average Bonchev–Trinajstić information content (AvgIpc) is 3.26. The molecule has 1 amide bonds. The standard InChI is InChI=1S/C21H26N2O5S2/c1-14-6-7-18(15(2)13-14)22-20(24)16(3)28-21(25)17-8-10-23(11-9-17)30(26,27)19-5-4-12-29-19/h4-7,12-13,16-17H,8-11H2,1-3H3,(H,22,24). The van der Waals surface area contributed by atoms with Crippen molar-refractivity contribution < 1.29 is 22.7 Å². The highest BCUT2D eigenvalue weighted by Gasteiger charge is 2.34. The van der Waals surface area contributed by atoms with E-state index < -0.39 is 33.9 Å². The van der Waals surface area contributed by atoms with Crippen molar-refractivity contribution in [2.45, 2.75) is 43.9 Å². The molecule has 30 heavy (non-hydrogen) atoms. The number of sulfonamides is 1. The van der Waals surface area contributed by atoms with E-state index in [4.69, 9.17) is 4.74 Å². The quantitative estimate of drug-likeness (QED) is 0.682. The Bertz CT molecular complexity index is 1010. The molecule has 7 nitrogen and oxygen atoms in total. The second-order valence-corrected chi connectivity index (χ2v) is 10.6. The molecule has 162 valence electrons. The smallest absolute Gasteiger partial charge is 0.309 e. The van der Waals surface area contributed by atoms with Gasteiger partial charge in [-0.25, -0.2) is 8.42 Å². The number of benzene rings is 1. The van der Waals surface area contributed by atoms with Crippen LogP contribution in [0.3, 0.4) is 0 Å². The largest absolute Gasteiger partial charge is 0.452 e. The Morgan fingerprint density at radius 2 is 1.90 bits per heavy atom. The number of nitrogens with one attached hydrogen (secondary N) is 1. The number of esters is 1. The minimum Gasteiger partial charge on any atom is -0.452 e. The van der Waals surface area contributed by atoms with Crippen molar-refractivity contribution >= 4 is 38.9 Å². The van der Waals surface area contributed by atoms with Crippen molar-refractivity contribution in [3.8, 4) is 0 Å². The highest BCUT2D eigenvalue weighted by molar-refractivity contribution is 7.91. The molecular weight excluding hydrogens is 424 g/mol. The third kappa shape index (κ3) is 5.08. The molecule has 9 heteroatoms. The Balaban J connectivity index is 1.52. The van der Waals surface area contributed by atoms with Gasteiger partial charge in [0.05, 0.1) is 5.92 Å². The van der Waals surface area contributed by atoms with Crippen LogP contribution >= 0.6 is 11.3 Å². The molecule has 0 aliphatic carbocycles. The number of carbonyl (C=O) groups excluding carboxylic acids is 2. The molecule has 1 atom stereocenters. The van der Waals surface area contributed by atoms with E-state index in [-0.39, 0.29) is 13.1 Å². The van der Waals surface area contributed by atoms with Crippen LogP contribution in [0, 0.1) is 19.8 Å². The van der Waals surface area contributed by atoms with Crippen molar-refractivity contribution in [3.63, 3.8) is 0 Å². The molecule has 1 aliphatic heterocycles. The number of hydrogen-bond acceptors (Lipinski definition) is 6. The molecule has 2 aromatic rings. The van der Waals surface area contributed by atoms with Gasteiger partial charge in [0.25, 0.3) is 15.9 Å². The van der Waals surface area contributed by atoms with Crippen molar-refractivity contribution in [1.82, 2.24) is 4.31 Å². The van der Waals surface area contributed by atoms with E-state index in [9.17, 15) is 18.0 Å². The van der Waals surface area contributed by atoms with Gasteiger partial charge in [0.2, 0.25) is 0 Å². The van der Waals surface area contributed by atoms with Gasteiger partial charge in [0, 0.05) is 18.8 Å². The first kappa shape index (κ1) is 22.5. The molecule has 0 radical (unpaired) electrons. The third-order valence-electron chi connectivity index (χ3n) is 5.18. The number of hydrogen-bond donors (Lipinski definition) is 1. The molecular formula is C21H26N2O5S2. The Kier molecular flexibility index (Phi) is 6.95. The summed E-state index contributed by atoms with van der Waals surface area (Å²) in [6.07, 6.45) is -0.199. The van der Waals surface area contributed by atoms with Gasteiger partial charge in [-0.15, -0.1) is 11.3 Å². The lowest BCUT2D eigenvalue weighted by Crippen LogP contribution is -2.41. The molecule has 0 spiro atoms. The molecule has 1 saturated heterocycles.